The van der Waals surface area contributed by atoms with Crippen LogP contribution in [0.4, 0.5) is 0 Å². The molecule has 0 aromatic heterocycles. The number of carbonyl (C=O) groups is 1. The molecule has 0 saturated heterocycles. The van der Waals surface area contributed by atoms with E-state index in [1.54, 1.807) is 0 Å². The van der Waals surface area contributed by atoms with Crippen LogP contribution < -0.4 is 11.1 Å². The van der Waals surface area contributed by atoms with Gasteiger partial charge in [0.25, 0.3) is 0 Å². The zero-order valence-corrected chi connectivity index (χ0v) is 8.70. The van der Waals surface area contributed by atoms with Crippen molar-refractivity contribution in [3.05, 3.63) is 0 Å². The number of aliphatic hydroxyl groups is 1. The lowest BCUT2D eigenvalue weighted by Gasteiger charge is -2.31. The first-order chi connectivity index (χ1) is 6.61. The highest BCUT2D eigenvalue weighted by atomic mass is 16.3. The van der Waals surface area contributed by atoms with E-state index in [0.717, 1.165) is 19.3 Å². The molecule has 1 unspecified atom stereocenters. The number of nitrogens with two attached hydrogens (primary N) is 1. The van der Waals surface area contributed by atoms with Crippen molar-refractivity contribution in [1.29, 1.82) is 0 Å². The Bertz CT molecular complexity index is 191. The van der Waals surface area contributed by atoms with Crippen LogP contribution in [0.1, 0.15) is 32.6 Å². The van der Waals surface area contributed by atoms with Crippen molar-refractivity contribution in [2.45, 2.75) is 44.8 Å². The van der Waals surface area contributed by atoms with Crippen LogP contribution in [0.2, 0.25) is 0 Å². The molecule has 4 N–H and O–H groups in total. The van der Waals surface area contributed by atoms with Gasteiger partial charge in [-0.2, -0.15) is 0 Å². The normalized spacial score (nSPS) is 27.9. The Kier molecular flexibility index (Phi) is 4.35. The third-order valence-corrected chi connectivity index (χ3v) is 2.77. The molecule has 1 fully saturated rings. The van der Waals surface area contributed by atoms with Crippen LogP contribution in [0.15, 0.2) is 0 Å². The number of amides is 1. The Morgan fingerprint density at radius 3 is 2.79 bits per heavy atom. The number of carbonyl (C=O) groups excluding carboxylic acids is 1. The van der Waals surface area contributed by atoms with Crippen LogP contribution in [-0.4, -0.2) is 29.7 Å². The molecule has 0 bridgehead atoms. The smallest absolute Gasteiger partial charge is 0.221 e. The fourth-order valence-electron chi connectivity index (χ4n) is 1.58. The summed E-state index contributed by atoms with van der Waals surface area (Å²) in [5, 5.41) is 11.9. The minimum Gasteiger partial charge on any atom is -0.393 e. The van der Waals surface area contributed by atoms with E-state index < -0.39 is 0 Å². The summed E-state index contributed by atoms with van der Waals surface area (Å²) >= 11 is 0. The molecule has 1 amide bonds. The van der Waals surface area contributed by atoms with E-state index >= 15 is 0 Å². The Morgan fingerprint density at radius 1 is 1.64 bits per heavy atom. The maximum absolute atomic E-state index is 11.3. The van der Waals surface area contributed by atoms with E-state index in [4.69, 9.17) is 10.8 Å². The lowest BCUT2D eigenvalue weighted by atomic mass is 9.82. The molecule has 0 radical (unpaired) electrons. The average molecular weight is 200 g/mol. The third-order valence-electron chi connectivity index (χ3n) is 2.77. The van der Waals surface area contributed by atoms with E-state index in [0.29, 0.717) is 18.9 Å². The number of hydrogen-bond acceptors (Lipinski definition) is 3. The van der Waals surface area contributed by atoms with Gasteiger partial charge in [-0.25, -0.2) is 0 Å². The summed E-state index contributed by atoms with van der Waals surface area (Å²) < 4.78 is 0. The Labute approximate surface area is 84.9 Å². The highest BCUT2D eigenvalue weighted by Gasteiger charge is 2.27. The summed E-state index contributed by atoms with van der Waals surface area (Å²) in [5.74, 6) is 0.493. The monoisotopic (exact) mass is 200 g/mol. The van der Waals surface area contributed by atoms with Gasteiger partial charge in [-0.15, -0.1) is 0 Å². The first kappa shape index (κ1) is 11.5. The molecule has 14 heavy (non-hydrogen) atoms. The standard InChI is InChI=1S/C10H20N2O2/c1-2-8(11)5-10(14)12-6-7-3-9(13)4-7/h7-9,13H,2-6,11H2,1H3,(H,12,14). The molecule has 1 aliphatic rings. The van der Waals surface area contributed by atoms with Crippen molar-refractivity contribution in [2.24, 2.45) is 11.7 Å². The van der Waals surface area contributed by atoms with Gasteiger partial charge in [0.05, 0.1) is 6.10 Å². The van der Waals surface area contributed by atoms with Crippen LogP contribution in [0.3, 0.4) is 0 Å². The Hall–Kier alpha value is -0.610. The number of rotatable bonds is 5. The summed E-state index contributed by atoms with van der Waals surface area (Å²) in [6.07, 6.45) is 2.73. The maximum Gasteiger partial charge on any atom is 0.221 e. The van der Waals surface area contributed by atoms with E-state index in [-0.39, 0.29) is 18.1 Å². The van der Waals surface area contributed by atoms with E-state index in [2.05, 4.69) is 5.32 Å². The first-order valence-electron chi connectivity index (χ1n) is 5.32. The third kappa shape index (κ3) is 3.64. The summed E-state index contributed by atoms with van der Waals surface area (Å²) in [5.41, 5.74) is 5.65. The summed E-state index contributed by atoms with van der Waals surface area (Å²) in [4.78, 5) is 11.3. The van der Waals surface area contributed by atoms with Crippen LogP contribution in [0, 0.1) is 5.92 Å². The van der Waals surface area contributed by atoms with Gasteiger partial charge in [-0.05, 0) is 25.2 Å². The van der Waals surface area contributed by atoms with Gasteiger partial charge in [-0.3, -0.25) is 4.79 Å². The topological polar surface area (TPSA) is 75.4 Å². The van der Waals surface area contributed by atoms with Gasteiger partial charge in [0.15, 0.2) is 0 Å². The Balaban J connectivity index is 2.03. The van der Waals surface area contributed by atoms with Crippen molar-refractivity contribution in [2.75, 3.05) is 6.54 Å². The minimum absolute atomic E-state index is 0.0259. The second-order valence-corrected chi connectivity index (χ2v) is 4.17. The molecule has 0 aliphatic heterocycles. The van der Waals surface area contributed by atoms with Crippen molar-refractivity contribution in [1.82, 2.24) is 5.32 Å². The first-order valence-corrected chi connectivity index (χ1v) is 5.32. The molecule has 1 rings (SSSR count). The molecule has 0 heterocycles. The second kappa shape index (κ2) is 5.32. The number of nitrogens with one attached hydrogen (secondary N) is 1. The molecule has 0 aromatic rings. The molecule has 4 nitrogen and oxygen atoms in total. The molecule has 0 spiro atoms. The van der Waals surface area contributed by atoms with Crippen molar-refractivity contribution >= 4 is 5.91 Å². The fraction of sp³-hybridized carbons (Fsp3) is 0.900. The van der Waals surface area contributed by atoms with Gasteiger partial charge in [0, 0.05) is 19.0 Å². The zero-order valence-electron chi connectivity index (χ0n) is 8.70. The van der Waals surface area contributed by atoms with Gasteiger partial charge in [0.2, 0.25) is 5.91 Å². The zero-order chi connectivity index (χ0) is 10.6. The maximum atomic E-state index is 11.3. The largest absolute Gasteiger partial charge is 0.393 e. The molecular weight excluding hydrogens is 180 g/mol. The predicted molar refractivity (Wildman–Crippen MR) is 54.6 cm³/mol. The average Bonchev–Trinajstić information content (AvgIpc) is 2.10. The van der Waals surface area contributed by atoms with Crippen LogP contribution in [0.25, 0.3) is 0 Å². The summed E-state index contributed by atoms with van der Waals surface area (Å²) in [6, 6.07) is -0.0259. The quantitative estimate of drug-likeness (QED) is 0.585. The molecule has 1 saturated carbocycles. The molecule has 1 aliphatic carbocycles. The van der Waals surface area contributed by atoms with Crippen molar-refractivity contribution < 1.29 is 9.90 Å². The van der Waals surface area contributed by atoms with Gasteiger partial charge < -0.3 is 16.2 Å². The Morgan fingerprint density at radius 2 is 2.29 bits per heavy atom. The van der Waals surface area contributed by atoms with Crippen molar-refractivity contribution in [3.8, 4) is 0 Å². The lowest BCUT2D eigenvalue weighted by Crippen LogP contribution is -2.40. The molecule has 1 atom stereocenters. The lowest BCUT2D eigenvalue weighted by molar-refractivity contribution is -0.122. The highest BCUT2D eigenvalue weighted by molar-refractivity contribution is 5.76. The van der Waals surface area contributed by atoms with Crippen LogP contribution >= 0.6 is 0 Å². The highest BCUT2D eigenvalue weighted by Crippen LogP contribution is 2.25. The molecule has 4 heteroatoms. The minimum atomic E-state index is -0.144. The summed E-state index contributed by atoms with van der Waals surface area (Å²) in [6.45, 7) is 2.66. The predicted octanol–water partition coefficient (Wildman–Crippen LogP) is 0.000900. The van der Waals surface area contributed by atoms with Gasteiger partial charge in [-0.1, -0.05) is 6.92 Å². The number of aliphatic hydroxyl groups excluding tert-OH is 1. The number of hydrogen-bond donors (Lipinski definition) is 3. The van der Waals surface area contributed by atoms with E-state index in [1.165, 1.54) is 0 Å². The van der Waals surface area contributed by atoms with Crippen molar-refractivity contribution in [3.63, 3.8) is 0 Å². The SMILES string of the molecule is CCC(N)CC(=O)NCC1CC(O)C1. The molecule has 82 valence electrons. The second-order valence-electron chi connectivity index (χ2n) is 4.17. The molecular formula is C10H20N2O2. The summed E-state index contributed by atoms with van der Waals surface area (Å²) in [7, 11) is 0. The van der Waals surface area contributed by atoms with Gasteiger partial charge in [0.1, 0.15) is 0 Å². The van der Waals surface area contributed by atoms with E-state index in [9.17, 15) is 4.79 Å². The molecule has 0 aromatic carbocycles. The fourth-order valence-corrected chi connectivity index (χ4v) is 1.58. The van der Waals surface area contributed by atoms with Gasteiger partial charge >= 0.3 is 0 Å². The van der Waals surface area contributed by atoms with Crippen LogP contribution in [-0.2, 0) is 4.79 Å². The van der Waals surface area contributed by atoms with Crippen LogP contribution in [0.5, 0.6) is 0 Å². The van der Waals surface area contributed by atoms with E-state index in [1.807, 2.05) is 6.92 Å².